The highest BCUT2D eigenvalue weighted by Crippen LogP contribution is 1.80. The largest absolute Gasteiger partial charge is 1.00 e. The molecule has 0 aromatic rings. The Bertz CT molecular complexity index is 136. The van der Waals surface area contributed by atoms with Crippen LogP contribution < -0.4 is 12.4 Å². The van der Waals surface area contributed by atoms with Crippen LogP contribution in [-0.4, -0.2) is 50.3 Å². The molecule has 0 saturated carbocycles. The molecule has 0 saturated heterocycles. The second kappa shape index (κ2) is 5.23. The van der Waals surface area contributed by atoms with Crippen LogP contribution in [0, 0.1) is 0 Å². The molecule has 0 aliphatic heterocycles. The number of aliphatic imine (C=N–C) groups is 1. The number of halogens is 1. The van der Waals surface area contributed by atoms with Crippen molar-refractivity contribution in [2.75, 3.05) is 28.2 Å². The van der Waals surface area contributed by atoms with E-state index < -0.39 is 0 Å². The smallest absolute Gasteiger partial charge is 0.387 e. The van der Waals surface area contributed by atoms with E-state index in [2.05, 4.69) is 11.7 Å². The van der Waals surface area contributed by atoms with Gasteiger partial charge < -0.3 is 12.4 Å². The highest BCUT2D eigenvalue weighted by Gasteiger charge is 2.06. The van der Waals surface area contributed by atoms with E-state index in [0.29, 0.717) is 0 Å². The third-order valence-electron chi connectivity index (χ3n) is 0.941. The zero-order valence-corrected chi connectivity index (χ0v) is 7.68. The Hall–Kier alpha value is -0.570. The fourth-order valence-electron chi connectivity index (χ4n) is 0.683. The van der Waals surface area contributed by atoms with Gasteiger partial charge >= 0.3 is 5.96 Å². The van der Waals surface area contributed by atoms with E-state index in [0.717, 1.165) is 5.96 Å². The third kappa shape index (κ3) is 3.45. The van der Waals surface area contributed by atoms with E-state index in [-0.39, 0.29) is 12.4 Å². The molecule has 0 unspecified atom stereocenters. The molecular formula is C6H14ClN3. The SMILES string of the molecule is C=NC(N(C)C)=[N+](C)C.[Cl-]. The van der Waals surface area contributed by atoms with E-state index in [9.17, 15) is 0 Å². The molecule has 0 rings (SSSR count). The van der Waals surface area contributed by atoms with Crippen molar-refractivity contribution in [1.29, 1.82) is 0 Å². The lowest BCUT2D eigenvalue weighted by atomic mass is 10.8. The molecule has 0 spiro atoms. The van der Waals surface area contributed by atoms with Crippen molar-refractivity contribution in [2.45, 2.75) is 0 Å². The predicted molar refractivity (Wildman–Crippen MR) is 40.4 cm³/mol. The minimum Gasteiger partial charge on any atom is -1.00 e. The number of hydrogen-bond donors (Lipinski definition) is 0. The number of hydrogen-bond acceptors (Lipinski definition) is 0. The van der Waals surface area contributed by atoms with Crippen LogP contribution in [0.2, 0.25) is 0 Å². The Morgan fingerprint density at radius 1 is 1.40 bits per heavy atom. The molecule has 0 aliphatic rings. The molecule has 0 bridgehead atoms. The van der Waals surface area contributed by atoms with Crippen LogP contribution in [0.4, 0.5) is 0 Å². The van der Waals surface area contributed by atoms with Crippen molar-refractivity contribution in [3.05, 3.63) is 0 Å². The van der Waals surface area contributed by atoms with Crippen molar-refractivity contribution >= 4 is 12.7 Å². The molecule has 0 fully saturated rings. The van der Waals surface area contributed by atoms with Gasteiger partial charge in [0.05, 0.1) is 34.9 Å². The Kier molecular flexibility index (Phi) is 6.35. The molecule has 0 aromatic carbocycles. The highest BCUT2D eigenvalue weighted by molar-refractivity contribution is 5.79. The van der Waals surface area contributed by atoms with Gasteiger partial charge in [-0.2, -0.15) is 0 Å². The van der Waals surface area contributed by atoms with E-state index in [4.69, 9.17) is 0 Å². The summed E-state index contributed by atoms with van der Waals surface area (Å²) < 4.78 is 1.91. The van der Waals surface area contributed by atoms with Gasteiger partial charge in [-0.15, -0.1) is 0 Å². The van der Waals surface area contributed by atoms with Gasteiger partial charge in [-0.05, 0) is 0 Å². The maximum absolute atomic E-state index is 3.81. The monoisotopic (exact) mass is 163 g/mol. The normalized spacial score (nSPS) is 7.60. The van der Waals surface area contributed by atoms with Crippen molar-refractivity contribution < 1.29 is 17.0 Å². The molecule has 0 heterocycles. The van der Waals surface area contributed by atoms with Crippen LogP contribution in [0.5, 0.6) is 0 Å². The fraction of sp³-hybridized carbons (Fsp3) is 0.667. The molecule has 0 N–H and O–H groups in total. The summed E-state index contributed by atoms with van der Waals surface area (Å²) in [5.74, 6) is 0.870. The standard InChI is InChI=1S/C6H14N3.ClH/c1-7-6(8(2)3)9(4)5;/h1H2,2-5H3;1H/q+1;/p-1. The highest BCUT2D eigenvalue weighted by atomic mass is 35.5. The summed E-state index contributed by atoms with van der Waals surface area (Å²) in [5, 5.41) is 0. The van der Waals surface area contributed by atoms with Crippen molar-refractivity contribution in [3.63, 3.8) is 0 Å². The van der Waals surface area contributed by atoms with E-state index in [1.54, 1.807) is 0 Å². The summed E-state index contributed by atoms with van der Waals surface area (Å²) in [4.78, 5) is 5.72. The van der Waals surface area contributed by atoms with Gasteiger partial charge in [0.2, 0.25) is 0 Å². The summed E-state index contributed by atoms with van der Waals surface area (Å²) in [6.07, 6.45) is 0. The number of rotatable bonds is 0. The summed E-state index contributed by atoms with van der Waals surface area (Å²) in [7, 11) is 7.74. The number of nitrogens with zero attached hydrogens (tertiary/aromatic N) is 3. The van der Waals surface area contributed by atoms with Gasteiger partial charge in [0.25, 0.3) is 0 Å². The predicted octanol–water partition coefficient (Wildman–Crippen LogP) is -3.12. The minimum absolute atomic E-state index is 0. The van der Waals surface area contributed by atoms with Crippen LogP contribution >= 0.6 is 0 Å². The molecule has 0 aliphatic carbocycles. The molecule has 0 radical (unpaired) electrons. The molecule has 0 amide bonds. The second-order valence-corrected chi connectivity index (χ2v) is 2.25. The van der Waals surface area contributed by atoms with Crippen molar-refractivity contribution in [1.82, 2.24) is 4.90 Å². The van der Waals surface area contributed by atoms with Crippen molar-refractivity contribution in [2.24, 2.45) is 4.99 Å². The molecule has 4 heteroatoms. The summed E-state index contributed by atoms with van der Waals surface area (Å²) in [6, 6.07) is 0. The summed E-state index contributed by atoms with van der Waals surface area (Å²) in [5.41, 5.74) is 0. The number of guanidine groups is 1. The first kappa shape index (κ1) is 12.1. The minimum atomic E-state index is 0. The van der Waals surface area contributed by atoms with E-state index in [1.165, 1.54) is 0 Å². The molecule has 0 aromatic heterocycles. The molecule has 10 heavy (non-hydrogen) atoms. The van der Waals surface area contributed by atoms with Gasteiger partial charge in [0, 0.05) is 0 Å². The first-order valence-electron chi connectivity index (χ1n) is 2.78. The van der Waals surface area contributed by atoms with Crippen LogP contribution in [0.15, 0.2) is 4.99 Å². The average Bonchev–Trinajstić information content (AvgIpc) is 1.64. The molecular weight excluding hydrogens is 150 g/mol. The lowest BCUT2D eigenvalue weighted by Crippen LogP contribution is -3.00. The van der Waals surface area contributed by atoms with E-state index >= 15 is 0 Å². The third-order valence-corrected chi connectivity index (χ3v) is 0.941. The van der Waals surface area contributed by atoms with Crippen molar-refractivity contribution in [3.8, 4) is 0 Å². The first-order chi connectivity index (χ1) is 4.09. The molecule has 60 valence electrons. The zero-order valence-electron chi connectivity index (χ0n) is 6.93. The summed E-state index contributed by atoms with van der Waals surface area (Å²) in [6.45, 7) is 3.43. The topological polar surface area (TPSA) is 18.6 Å². The molecule has 0 atom stereocenters. The van der Waals surface area contributed by atoms with Gasteiger partial charge in [-0.1, -0.05) is 4.99 Å². The second-order valence-electron chi connectivity index (χ2n) is 2.25. The fourth-order valence-corrected chi connectivity index (χ4v) is 0.683. The van der Waals surface area contributed by atoms with Crippen LogP contribution in [0.25, 0.3) is 0 Å². The Labute approximate surface area is 68.5 Å². The first-order valence-corrected chi connectivity index (χ1v) is 2.78. The Balaban J connectivity index is 0. The van der Waals surface area contributed by atoms with E-state index in [1.807, 2.05) is 37.7 Å². The van der Waals surface area contributed by atoms with Crippen LogP contribution in [0.3, 0.4) is 0 Å². The van der Waals surface area contributed by atoms with Gasteiger partial charge in [-0.3, -0.25) is 9.48 Å². The van der Waals surface area contributed by atoms with Gasteiger partial charge in [-0.25, -0.2) is 0 Å². The quantitative estimate of drug-likeness (QED) is 0.210. The summed E-state index contributed by atoms with van der Waals surface area (Å²) >= 11 is 0. The van der Waals surface area contributed by atoms with Crippen LogP contribution in [0.1, 0.15) is 0 Å². The zero-order chi connectivity index (χ0) is 7.44. The van der Waals surface area contributed by atoms with Gasteiger partial charge in [0.15, 0.2) is 0 Å². The lowest BCUT2D eigenvalue weighted by molar-refractivity contribution is -0.470. The average molecular weight is 164 g/mol. The Morgan fingerprint density at radius 3 is 1.80 bits per heavy atom. The molecule has 3 nitrogen and oxygen atoms in total. The van der Waals surface area contributed by atoms with Crippen LogP contribution in [-0.2, 0) is 0 Å². The Morgan fingerprint density at radius 2 is 1.80 bits per heavy atom. The van der Waals surface area contributed by atoms with Gasteiger partial charge in [0.1, 0.15) is 0 Å². The lowest BCUT2D eigenvalue weighted by Gasteiger charge is -2.04. The maximum atomic E-state index is 3.81. The maximum Gasteiger partial charge on any atom is 0.387 e.